The molecule has 1 aromatic heterocycles. The maximum Gasteiger partial charge on any atom is 0.324 e. The topological polar surface area (TPSA) is 70.7 Å². The van der Waals surface area contributed by atoms with Gasteiger partial charge in [0, 0.05) is 25.0 Å². The molecule has 7 heteroatoms. The van der Waals surface area contributed by atoms with Crippen LogP contribution in [0.5, 0.6) is 0 Å². The molecule has 2 aromatic rings. The van der Waals surface area contributed by atoms with Crippen molar-refractivity contribution in [1.82, 2.24) is 0 Å². The van der Waals surface area contributed by atoms with Gasteiger partial charge >= 0.3 is 6.03 Å². The van der Waals surface area contributed by atoms with Crippen LogP contribution in [-0.2, 0) is 16.0 Å². The summed E-state index contributed by atoms with van der Waals surface area (Å²) in [5.41, 5.74) is 2.60. The summed E-state index contributed by atoms with van der Waals surface area (Å²) in [6, 6.07) is 9.07. The van der Waals surface area contributed by atoms with Crippen LogP contribution in [0.1, 0.15) is 12.0 Å². The van der Waals surface area contributed by atoms with Gasteiger partial charge in [0.25, 0.3) is 5.91 Å². The van der Waals surface area contributed by atoms with Crippen LogP contribution in [-0.4, -0.2) is 32.2 Å². The molecule has 0 saturated carbocycles. The van der Waals surface area contributed by atoms with Crippen LogP contribution in [0.4, 0.5) is 21.2 Å². The first-order valence-electron chi connectivity index (χ1n) is 7.71. The molecule has 3 amide bonds. The van der Waals surface area contributed by atoms with Crippen molar-refractivity contribution in [2.75, 3.05) is 35.8 Å². The fourth-order valence-electron chi connectivity index (χ4n) is 2.74. The van der Waals surface area contributed by atoms with E-state index < -0.39 is 0 Å². The number of methoxy groups -OCH3 is 1. The molecule has 0 aliphatic carbocycles. The predicted octanol–water partition coefficient (Wildman–Crippen LogP) is 3.32. The maximum atomic E-state index is 12.2. The number of hydrogen-bond acceptors (Lipinski definition) is 4. The number of carbonyl (C=O) groups is 2. The van der Waals surface area contributed by atoms with Gasteiger partial charge < -0.3 is 15.0 Å². The number of benzene rings is 1. The van der Waals surface area contributed by atoms with E-state index >= 15 is 0 Å². The number of hydrogen-bond donors (Lipinski definition) is 2. The number of thiophene rings is 1. The molecule has 1 aromatic carbocycles. The second-order valence-electron chi connectivity index (χ2n) is 5.48. The molecule has 2 N–H and O–H groups in total. The van der Waals surface area contributed by atoms with Gasteiger partial charge in [0.05, 0.1) is 5.00 Å². The van der Waals surface area contributed by atoms with E-state index in [0.29, 0.717) is 12.2 Å². The minimum Gasteiger partial charge on any atom is -0.375 e. The van der Waals surface area contributed by atoms with Gasteiger partial charge in [0.1, 0.15) is 6.61 Å². The van der Waals surface area contributed by atoms with Gasteiger partial charge in [-0.25, -0.2) is 4.79 Å². The van der Waals surface area contributed by atoms with E-state index in [0.717, 1.165) is 29.1 Å². The Hall–Kier alpha value is -2.38. The third-order valence-electron chi connectivity index (χ3n) is 3.79. The minimum atomic E-state index is -0.303. The van der Waals surface area contributed by atoms with Crippen LogP contribution in [0.3, 0.4) is 0 Å². The number of amides is 3. The highest BCUT2D eigenvalue weighted by Gasteiger charge is 2.22. The molecule has 0 spiro atoms. The molecule has 0 unspecified atom stereocenters. The lowest BCUT2D eigenvalue weighted by atomic mass is 10.0. The fourth-order valence-corrected chi connectivity index (χ4v) is 3.35. The molecule has 1 aliphatic rings. The number of carbonyl (C=O) groups excluding carboxylic acids is 2. The number of anilines is 3. The molecule has 0 bridgehead atoms. The molecular formula is C17H19N3O3S. The van der Waals surface area contributed by atoms with Gasteiger partial charge in [-0.15, -0.1) is 11.3 Å². The summed E-state index contributed by atoms with van der Waals surface area (Å²) in [4.78, 5) is 26.0. The fraction of sp³-hybridized carbons (Fsp3) is 0.294. The highest BCUT2D eigenvalue weighted by Crippen LogP contribution is 2.30. The molecule has 0 radical (unpaired) electrons. The Bertz CT molecular complexity index is 731. The van der Waals surface area contributed by atoms with Crippen molar-refractivity contribution in [2.24, 2.45) is 0 Å². The Kier molecular flexibility index (Phi) is 5.12. The Morgan fingerprint density at radius 3 is 2.92 bits per heavy atom. The van der Waals surface area contributed by atoms with Crippen molar-refractivity contribution >= 4 is 39.7 Å². The van der Waals surface area contributed by atoms with Gasteiger partial charge in [0.2, 0.25) is 0 Å². The second kappa shape index (κ2) is 7.46. The first-order valence-corrected chi connectivity index (χ1v) is 8.59. The molecule has 126 valence electrons. The first-order chi connectivity index (χ1) is 11.7. The van der Waals surface area contributed by atoms with E-state index in [9.17, 15) is 9.59 Å². The summed E-state index contributed by atoms with van der Waals surface area (Å²) in [7, 11) is 1.51. The summed E-state index contributed by atoms with van der Waals surface area (Å²) >= 11 is 1.46. The zero-order chi connectivity index (χ0) is 16.9. The Morgan fingerprint density at radius 2 is 2.17 bits per heavy atom. The molecule has 3 rings (SSSR count). The Balaban J connectivity index is 1.75. The summed E-state index contributed by atoms with van der Waals surface area (Å²) in [6.07, 6.45) is 1.85. The number of ether oxygens (including phenoxy) is 1. The molecule has 0 atom stereocenters. The lowest BCUT2D eigenvalue weighted by Gasteiger charge is -2.29. The van der Waals surface area contributed by atoms with Gasteiger partial charge in [-0.1, -0.05) is 6.07 Å². The van der Waals surface area contributed by atoms with E-state index in [4.69, 9.17) is 4.74 Å². The highest BCUT2D eigenvalue weighted by molar-refractivity contribution is 7.14. The van der Waals surface area contributed by atoms with Crippen LogP contribution >= 0.6 is 11.3 Å². The van der Waals surface area contributed by atoms with Crippen molar-refractivity contribution in [2.45, 2.75) is 12.8 Å². The molecule has 0 saturated heterocycles. The molecule has 0 fully saturated rings. The number of rotatable bonds is 4. The number of urea groups is 1. The zero-order valence-electron chi connectivity index (χ0n) is 13.4. The summed E-state index contributed by atoms with van der Waals surface area (Å²) in [5.74, 6) is -0.0707. The number of nitrogens with one attached hydrogen (secondary N) is 2. The van der Waals surface area contributed by atoms with Crippen LogP contribution in [0.15, 0.2) is 35.7 Å². The zero-order valence-corrected chi connectivity index (χ0v) is 14.2. The molecule has 2 heterocycles. The predicted molar refractivity (Wildman–Crippen MR) is 96.0 cm³/mol. The SMILES string of the molecule is COCC(=O)N1CCCc2ccc(NC(=O)Nc3cccs3)cc21. The first kappa shape index (κ1) is 16.5. The minimum absolute atomic E-state index is 0.0515. The van der Waals surface area contributed by atoms with E-state index in [1.165, 1.54) is 18.4 Å². The van der Waals surface area contributed by atoms with Gasteiger partial charge in [-0.3, -0.25) is 10.1 Å². The monoisotopic (exact) mass is 345 g/mol. The van der Waals surface area contributed by atoms with Crippen LogP contribution < -0.4 is 15.5 Å². The summed E-state index contributed by atoms with van der Waals surface area (Å²) < 4.78 is 4.96. The van der Waals surface area contributed by atoms with Crippen molar-refractivity contribution in [3.63, 3.8) is 0 Å². The van der Waals surface area contributed by atoms with Gasteiger partial charge in [-0.05, 0) is 48.1 Å². The smallest absolute Gasteiger partial charge is 0.324 e. The van der Waals surface area contributed by atoms with Crippen molar-refractivity contribution < 1.29 is 14.3 Å². The standard InChI is InChI=1S/C17H19N3O3S/c1-23-11-16(21)20-8-2-4-12-6-7-13(10-14(12)20)18-17(22)19-15-5-3-9-24-15/h3,5-7,9-10H,2,4,8,11H2,1H3,(H2,18,19,22). The van der Waals surface area contributed by atoms with Gasteiger partial charge in [-0.2, -0.15) is 0 Å². The van der Waals surface area contributed by atoms with Crippen LogP contribution in [0, 0.1) is 0 Å². The largest absolute Gasteiger partial charge is 0.375 e. The average molecular weight is 345 g/mol. The number of aryl methyl sites for hydroxylation is 1. The van der Waals surface area contributed by atoms with Crippen LogP contribution in [0.2, 0.25) is 0 Å². The average Bonchev–Trinajstić information content (AvgIpc) is 3.07. The summed E-state index contributed by atoms with van der Waals surface area (Å²) in [6.45, 7) is 0.718. The number of nitrogens with zero attached hydrogens (tertiary/aromatic N) is 1. The molecule has 1 aliphatic heterocycles. The van der Waals surface area contributed by atoms with Gasteiger partial charge in [0.15, 0.2) is 0 Å². The van der Waals surface area contributed by atoms with E-state index in [-0.39, 0.29) is 18.5 Å². The van der Waals surface area contributed by atoms with E-state index in [1.807, 2.05) is 35.7 Å². The molecule has 6 nitrogen and oxygen atoms in total. The van der Waals surface area contributed by atoms with E-state index in [2.05, 4.69) is 10.6 Å². The number of fused-ring (bicyclic) bond motifs is 1. The third-order valence-corrected chi connectivity index (χ3v) is 4.57. The molecule has 24 heavy (non-hydrogen) atoms. The van der Waals surface area contributed by atoms with Crippen molar-refractivity contribution in [3.05, 3.63) is 41.3 Å². The van der Waals surface area contributed by atoms with Crippen molar-refractivity contribution in [3.8, 4) is 0 Å². The Morgan fingerprint density at radius 1 is 1.29 bits per heavy atom. The second-order valence-corrected chi connectivity index (χ2v) is 6.43. The van der Waals surface area contributed by atoms with Crippen molar-refractivity contribution in [1.29, 1.82) is 0 Å². The highest BCUT2D eigenvalue weighted by atomic mass is 32.1. The lowest BCUT2D eigenvalue weighted by molar-refractivity contribution is -0.122. The molecular weight excluding hydrogens is 326 g/mol. The summed E-state index contributed by atoms with van der Waals surface area (Å²) in [5, 5.41) is 8.26. The maximum absolute atomic E-state index is 12.2. The third kappa shape index (κ3) is 3.74. The lowest BCUT2D eigenvalue weighted by Crippen LogP contribution is -2.37. The Labute approximate surface area is 144 Å². The van der Waals surface area contributed by atoms with E-state index in [1.54, 1.807) is 4.90 Å². The quantitative estimate of drug-likeness (QED) is 0.893. The normalized spacial score (nSPS) is 13.3. The van der Waals surface area contributed by atoms with Crippen LogP contribution in [0.25, 0.3) is 0 Å².